The molecule has 2 saturated carbocycles. The average Bonchev–Trinajstić information content (AvgIpc) is 2.92. The SMILES string of the molecule is N[C@]1(C(=O)NC2CCN(c3ccccc3C(F)(F)F)C2=O)C[C@H](O)C12CCC2. The Labute approximate surface area is 159 Å². The molecule has 4 N–H and O–H groups in total. The number of amides is 2. The second-order valence-electron chi connectivity index (χ2n) is 8.02. The molecule has 0 aromatic heterocycles. The van der Waals surface area contributed by atoms with E-state index in [-0.39, 0.29) is 25.1 Å². The number of aliphatic hydroxyl groups is 1. The lowest BCUT2D eigenvalue weighted by molar-refractivity contribution is -0.193. The number of carbonyl (C=O) groups is 2. The van der Waals surface area contributed by atoms with Crippen molar-refractivity contribution in [3.63, 3.8) is 0 Å². The molecule has 1 aromatic carbocycles. The third kappa shape index (κ3) is 2.56. The van der Waals surface area contributed by atoms with Gasteiger partial charge in [-0.15, -0.1) is 0 Å². The molecule has 152 valence electrons. The first-order valence-corrected chi connectivity index (χ1v) is 9.36. The molecule has 2 aliphatic carbocycles. The summed E-state index contributed by atoms with van der Waals surface area (Å²) in [5, 5.41) is 12.7. The van der Waals surface area contributed by atoms with Crippen molar-refractivity contribution >= 4 is 17.5 Å². The van der Waals surface area contributed by atoms with Gasteiger partial charge in [-0.3, -0.25) is 9.59 Å². The molecule has 0 bridgehead atoms. The fourth-order valence-corrected chi connectivity index (χ4v) is 4.81. The highest BCUT2D eigenvalue weighted by molar-refractivity contribution is 6.03. The van der Waals surface area contributed by atoms with E-state index >= 15 is 0 Å². The molecule has 28 heavy (non-hydrogen) atoms. The number of halogens is 3. The lowest BCUT2D eigenvalue weighted by Gasteiger charge is -2.64. The minimum absolute atomic E-state index is 0.0716. The maximum absolute atomic E-state index is 13.3. The summed E-state index contributed by atoms with van der Waals surface area (Å²) in [6.07, 6.45) is -2.70. The van der Waals surface area contributed by atoms with Crippen LogP contribution < -0.4 is 16.0 Å². The van der Waals surface area contributed by atoms with Gasteiger partial charge in [-0.1, -0.05) is 18.6 Å². The van der Waals surface area contributed by atoms with Gasteiger partial charge in [-0.25, -0.2) is 0 Å². The van der Waals surface area contributed by atoms with Gasteiger partial charge in [-0.05, 0) is 31.4 Å². The Bertz CT molecular complexity index is 824. The highest BCUT2D eigenvalue weighted by Gasteiger charge is 2.69. The van der Waals surface area contributed by atoms with Crippen LogP contribution in [0.5, 0.6) is 0 Å². The van der Waals surface area contributed by atoms with Crippen molar-refractivity contribution in [1.29, 1.82) is 0 Å². The highest BCUT2D eigenvalue weighted by Crippen LogP contribution is 2.61. The summed E-state index contributed by atoms with van der Waals surface area (Å²) in [6, 6.07) is 3.96. The van der Waals surface area contributed by atoms with Crippen molar-refractivity contribution in [2.45, 2.75) is 56.0 Å². The van der Waals surface area contributed by atoms with Gasteiger partial charge in [0.2, 0.25) is 11.8 Å². The van der Waals surface area contributed by atoms with Gasteiger partial charge < -0.3 is 21.1 Å². The first-order chi connectivity index (χ1) is 13.1. The van der Waals surface area contributed by atoms with E-state index in [2.05, 4.69) is 5.32 Å². The number of nitrogens with zero attached hydrogens (tertiary/aromatic N) is 1. The number of hydrogen-bond donors (Lipinski definition) is 3. The Morgan fingerprint density at radius 3 is 2.54 bits per heavy atom. The van der Waals surface area contributed by atoms with Crippen LogP contribution in [0.1, 0.15) is 37.7 Å². The molecular formula is C19H22F3N3O3. The molecule has 1 spiro atoms. The molecule has 6 nitrogen and oxygen atoms in total. The van der Waals surface area contributed by atoms with Crippen LogP contribution in [0.3, 0.4) is 0 Å². The number of para-hydroxylation sites is 1. The van der Waals surface area contributed by atoms with E-state index in [0.29, 0.717) is 12.8 Å². The van der Waals surface area contributed by atoms with Gasteiger partial charge in [0.15, 0.2) is 0 Å². The van der Waals surface area contributed by atoms with E-state index in [1.165, 1.54) is 18.2 Å². The van der Waals surface area contributed by atoms with E-state index < -0.39 is 46.7 Å². The first-order valence-electron chi connectivity index (χ1n) is 9.36. The Morgan fingerprint density at radius 1 is 1.29 bits per heavy atom. The Kier molecular flexibility index (Phi) is 4.24. The zero-order valence-electron chi connectivity index (χ0n) is 15.1. The van der Waals surface area contributed by atoms with Gasteiger partial charge in [-0.2, -0.15) is 13.2 Å². The number of alkyl halides is 3. The highest BCUT2D eigenvalue weighted by atomic mass is 19.4. The van der Waals surface area contributed by atoms with Crippen molar-refractivity contribution in [3.05, 3.63) is 29.8 Å². The van der Waals surface area contributed by atoms with Crippen molar-refractivity contribution < 1.29 is 27.9 Å². The van der Waals surface area contributed by atoms with E-state index in [1.54, 1.807) is 0 Å². The summed E-state index contributed by atoms with van der Waals surface area (Å²) in [7, 11) is 0. The van der Waals surface area contributed by atoms with E-state index in [4.69, 9.17) is 5.73 Å². The van der Waals surface area contributed by atoms with Gasteiger partial charge >= 0.3 is 6.18 Å². The van der Waals surface area contributed by atoms with Gasteiger partial charge in [0.05, 0.1) is 17.4 Å². The number of anilines is 1. The van der Waals surface area contributed by atoms with Crippen LogP contribution in [0, 0.1) is 5.41 Å². The monoisotopic (exact) mass is 397 g/mol. The Balaban J connectivity index is 1.50. The number of benzene rings is 1. The molecule has 0 radical (unpaired) electrons. The third-order valence-electron chi connectivity index (χ3n) is 6.70. The number of nitrogens with two attached hydrogens (primary N) is 1. The topological polar surface area (TPSA) is 95.7 Å². The van der Waals surface area contributed by atoms with Crippen LogP contribution in [0.25, 0.3) is 0 Å². The average molecular weight is 397 g/mol. The molecule has 1 heterocycles. The number of aliphatic hydroxyl groups excluding tert-OH is 1. The quantitative estimate of drug-likeness (QED) is 0.721. The fraction of sp³-hybridized carbons (Fsp3) is 0.579. The predicted molar refractivity (Wildman–Crippen MR) is 94.2 cm³/mol. The number of nitrogens with one attached hydrogen (secondary N) is 1. The Morgan fingerprint density at radius 2 is 1.96 bits per heavy atom. The maximum atomic E-state index is 13.3. The molecule has 1 unspecified atom stereocenters. The summed E-state index contributed by atoms with van der Waals surface area (Å²) in [4.78, 5) is 26.6. The summed E-state index contributed by atoms with van der Waals surface area (Å²) in [5.41, 5.74) is 3.31. The Hall–Kier alpha value is -2.13. The molecule has 1 aliphatic heterocycles. The van der Waals surface area contributed by atoms with Gasteiger partial charge in [0, 0.05) is 18.4 Å². The van der Waals surface area contributed by atoms with Crippen molar-refractivity contribution in [2.75, 3.05) is 11.4 Å². The molecular weight excluding hydrogens is 375 g/mol. The second-order valence-corrected chi connectivity index (χ2v) is 8.02. The first kappa shape index (κ1) is 19.2. The second kappa shape index (κ2) is 6.18. The molecule has 3 fully saturated rings. The summed E-state index contributed by atoms with van der Waals surface area (Å²) in [5.74, 6) is -1.10. The number of carbonyl (C=O) groups excluding carboxylic acids is 2. The largest absolute Gasteiger partial charge is 0.418 e. The van der Waals surface area contributed by atoms with E-state index in [1.807, 2.05) is 0 Å². The summed E-state index contributed by atoms with van der Waals surface area (Å²) < 4.78 is 39.8. The van der Waals surface area contributed by atoms with Crippen LogP contribution >= 0.6 is 0 Å². The molecule has 1 saturated heterocycles. The summed E-state index contributed by atoms with van der Waals surface area (Å²) >= 11 is 0. The minimum Gasteiger partial charge on any atom is -0.392 e. The van der Waals surface area contributed by atoms with Crippen molar-refractivity contribution in [2.24, 2.45) is 11.1 Å². The summed E-state index contributed by atoms with van der Waals surface area (Å²) in [6.45, 7) is 0.0716. The molecule has 9 heteroatoms. The van der Waals surface area contributed by atoms with Crippen LogP contribution in [-0.4, -0.2) is 41.2 Å². The zero-order valence-corrected chi connectivity index (χ0v) is 15.1. The number of rotatable bonds is 3. The molecule has 3 atom stereocenters. The third-order valence-corrected chi connectivity index (χ3v) is 6.70. The zero-order chi connectivity index (χ0) is 20.3. The maximum Gasteiger partial charge on any atom is 0.418 e. The van der Waals surface area contributed by atoms with Gasteiger partial charge in [0.1, 0.15) is 11.6 Å². The van der Waals surface area contributed by atoms with E-state index in [9.17, 15) is 27.9 Å². The van der Waals surface area contributed by atoms with E-state index in [0.717, 1.165) is 17.4 Å². The molecule has 2 amide bonds. The smallest absolute Gasteiger partial charge is 0.392 e. The normalized spacial score (nSPS) is 31.5. The number of hydrogen-bond acceptors (Lipinski definition) is 4. The molecule has 3 aliphatic rings. The molecule has 4 rings (SSSR count). The lowest BCUT2D eigenvalue weighted by atomic mass is 9.44. The van der Waals surface area contributed by atoms with Crippen LogP contribution in [-0.2, 0) is 15.8 Å². The van der Waals surface area contributed by atoms with Crippen molar-refractivity contribution in [3.8, 4) is 0 Å². The lowest BCUT2D eigenvalue weighted by Crippen LogP contribution is -2.79. The molecule has 1 aromatic rings. The van der Waals surface area contributed by atoms with Crippen LogP contribution in [0.4, 0.5) is 18.9 Å². The van der Waals surface area contributed by atoms with Crippen LogP contribution in [0.15, 0.2) is 24.3 Å². The predicted octanol–water partition coefficient (Wildman–Crippen LogP) is 1.56. The van der Waals surface area contributed by atoms with Crippen LogP contribution in [0.2, 0.25) is 0 Å². The fourth-order valence-electron chi connectivity index (χ4n) is 4.81. The minimum atomic E-state index is -4.59. The standard InChI is InChI=1S/C19H22F3N3O3/c20-19(21,22)11-4-1-2-5-13(11)25-9-6-12(15(25)27)24-16(28)18(23)10-14(26)17(18)7-3-8-17/h1-2,4-5,12,14,26H,3,6-10,23H2,(H,24,28)/t12?,14-,18-/m0/s1. The van der Waals surface area contributed by atoms with Crippen molar-refractivity contribution in [1.82, 2.24) is 5.32 Å². The van der Waals surface area contributed by atoms with Gasteiger partial charge in [0.25, 0.3) is 0 Å².